The summed E-state index contributed by atoms with van der Waals surface area (Å²) in [6, 6.07) is 4.10. The molecule has 0 spiro atoms. The van der Waals surface area contributed by atoms with Crippen molar-refractivity contribution in [3.8, 4) is 0 Å². The van der Waals surface area contributed by atoms with E-state index in [-0.39, 0.29) is 0 Å². The summed E-state index contributed by atoms with van der Waals surface area (Å²) in [5.41, 5.74) is 3.37. The van der Waals surface area contributed by atoms with Gasteiger partial charge < -0.3 is 4.40 Å². The largest absolute Gasteiger partial charge is 0.301 e. The number of imidazole rings is 1. The number of aromatic nitrogens is 2. The molecule has 0 aliphatic heterocycles. The summed E-state index contributed by atoms with van der Waals surface area (Å²) in [6.45, 7) is 4.13. The Morgan fingerprint density at radius 2 is 2.00 bits per heavy atom. The minimum absolute atomic E-state index is 0.993. The molecule has 0 aromatic carbocycles. The third kappa shape index (κ3) is 0.966. The monoisotopic (exact) mass is 224 g/mol. The molecule has 0 fully saturated rings. The number of aryl methyl sites for hydroxylation is 2. The van der Waals surface area contributed by atoms with Crippen molar-refractivity contribution in [2.45, 2.75) is 13.8 Å². The van der Waals surface area contributed by atoms with Gasteiger partial charge in [0.25, 0.3) is 0 Å². The fourth-order valence-electron chi connectivity index (χ4n) is 1.39. The first kappa shape index (κ1) is 7.80. The van der Waals surface area contributed by atoms with E-state index in [1.165, 1.54) is 11.4 Å². The lowest BCUT2D eigenvalue weighted by Crippen LogP contribution is -1.92. The molecule has 0 amide bonds. The molecule has 0 unspecified atom stereocenters. The maximum absolute atomic E-state index is 4.29. The van der Waals surface area contributed by atoms with Gasteiger partial charge in [0.05, 0.1) is 4.47 Å². The van der Waals surface area contributed by atoms with Gasteiger partial charge >= 0.3 is 0 Å². The van der Waals surface area contributed by atoms with Gasteiger partial charge in [-0.05, 0) is 41.9 Å². The van der Waals surface area contributed by atoms with E-state index in [0.29, 0.717) is 0 Å². The Morgan fingerprint density at radius 1 is 1.25 bits per heavy atom. The van der Waals surface area contributed by atoms with Crippen molar-refractivity contribution < 1.29 is 0 Å². The zero-order chi connectivity index (χ0) is 8.72. The van der Waals surface area contributed by atoms with Crippen LogP contribution < -0.4 is 0 Å². The molecule has 0 N–H and O–H groups in total. The average Bonchev–Trinajstić information content (AvgIpc) is 2.42. The molecule has 0 saturated heterocycles. The Morgan fingerprint density at radius 3 is 2.67 bits per heavy atom. The van der Waals surface area contributed by atoms with E-state index in [1.54, 1.807) is 0 Å². The standard InChI is InChI=1S/C9H9BrN2/c1-6-3-4-8(10)9-11-5-7(2)12(6)9/h3-5H,1-2H3. The van der Waals surface area contributed by atoms with Gasteiger partial charge in [0.15, 0.2) is 5.65 Å². The summed E-state index contributed by atoms with van der Waals surface area (Å²) in [6.07, 6.45) is 1.88. The van der Waals surface area contributed by atoms with Gasteiger partial charge in [0.2, 0.25) is 0 Å². The number of hydrogen-bond acceptors (Lipinski definition) is 1. The molecule has 0 aliphatic rings. The molecule has 2 aromatic heterocycles. The van der Waals surface area contributed by atoms with Crippen LogP contribution in [0.4, 0.5) is 0 Å². The van der Waals surface area contributed by atoms with E-state index < -0.39 is 0 Å². The Bertz CT molecular complexity index is 431. The van der Waals surface area contributed by atoms with Crippen molar-refractivity contribution in [3.63, 3.8) is 0 Å². The topological polar surface area (TPSA) is 17.3 Å². The normalized spacial score (nSPS) is 10.9. The fraction of sp³-hybridized carbons (Fsp3) is 0.222. The van der Waals surface area contributed by atoms with Crippen molar-refractivity contribution in [3.05, 3.63) is 34.2 Å². The lowest BCUT2D eigenvalue weighted by Gasteiger charge is -2.02. The maximum atomic E-state index is 4.29. The third-order valence-corrected chi connectivity index (χ3v) is 2.59. The van der Waals surface area contributed by atoms with E-state index in [0.717, 1.165) is 10.1 Å². The number of nitrogens with zero attached hydrogens (tertiary/aromatic N) is 2. The molecule has 2 aromatic rings. The minimum atomic E-state index is 0.993. The fourth-order valence-corrected chi connectivity index (χ4v) is 1.81. The van der Waals surface area contributed by atoms with E-state index in [2.05, 4.69) is 45.2 Å². The average molecular weight is 225 g/mol. The van der Waals surface area contributed by atoms with Crippen LogP contribution in [0.2, 0.25) is 0 Å². The van der Waals surface area contributed by atoms with Gasteiger partial charge in [0.1, 0.15) is 0 Å². The zero-order valence-corrected chi connectivity index (χ0v) is 8.59. The SMILES string of the molecule is Cc1ccc(Br)c2ncc(C)n12. The summed E-state index contributed by atoms with van der Waals surface area (Å²) >= 11 is 3.46. The Labute approximate surface area is 79.4 Å². The molecule has 0 aliphatic carbocycles. The Balaban J connectivity index is 2.98. The molecule has 0 saturated carbocycles. The minimum Gasteiger partial charge on any atom is -0.301 e. The van der Waals surface area contributed by atoms with E-state index >= 15 is 0 Å². The highest BCUT2D eigenvalue weighted by atomic mass is 79.9. The van der Waals surface area contributed by atoms with Crippen LogP contribution in [0.15, 0.2) is 22.8 Å². The molecule has 2 nitrogen and oxygen atoms in total. The first-order valence-corrected chi connectivity index (χ1v) is 4.58. The van der Waals surface area contributed by atoms with Gasteiger partial charge in [-0.1, -0.05) is 0 Å². The van der Waals surface area contributed by atoms with Gasteiger partial charge in [0, 0.05) is 17.6 Å². The molecule has 62 valence electrons. The lowest BCUT2D eigenvalue weighted by atomic mass is 10.3. The maximum Gasteiger partial charge on any atom is 0.151 e. The van der Waals surface area contributed by atoms with Crippen LogP contribution in [0.3, 0.4) is 0 Å². The van der Waals surface area contributed by atoms with Crippen molar-refractivity contribution in [1.29, 1.82) is 0 Å². The van der Waals surface area contributed by atoms with Crippen LogP contribution in [-0.4, -0.2) is 9.38 Å². The first-order valence-electron chi connectivity index (χ1n) is 3.79. The Kier molecular flexibility index (Phi) is 1.68. The summed E-state index contributed by atoms with van der Waals surface area (Å²) in [4.78, 5) is 4.29. The van der Waals surface area contributed by atoms with Gasteiger partial charge in [-0.2, -0.15) is 0 Å². The van der Waals surface area contributed by atoms with Crippen LogP contribution in [0.5, 0.6) is 0 Å². The molecule has 2 heterocycles. The van der Waals surface area contributed by atoms with Gasteiger partial charge in [-0.25, -0.2) is 4.98 Å². The highest BCUT2D eigenvalue weighted by molar-refractivity contribution is 9.10. The van der Waals surface area contributed by atoms with Crippen molar-refractivity contribution in [2.75, 3.05) is 0 Å². The van der Waals surface area contributed by atoms with Gasteiger partial charge in [-0.3, -0.25) is 0 Å². The molecule has 0 bridgehead atoms. The number of hydrogen-bond donors (Lipinski definition) is 0. The summed E-state index contributed by atoms with van der Waals surface area (Å²) in [7, 11) is 0. The molecular weight excluding hydrogens is 216 g/mol. The highest BCUT2D eigenvalue weighted by Crippen LogP contribution is 2.19. The van der Waals surface area contributed by atoms with E-state index in [1.807, 2.05) is 12.3 Å². The van der Waals surface area contributed by atoms with E-state index in [4.69, 9.17) is 0 Å². The van der Waals surface area contributed by atoms with Crippen LogP contribution in [0.1, 0.15) is 11.4 Å². The molecule has 3 heteroatoms. The number of halogens is 1. The highest BCUT2D eigenvalue weighted by Gasteiger charge is 2.03. The molecular formula is C9H9BrN2. The molecule has 0 radical (unpaired) electrons. The van der Waals surface area contributed by atoms with Crippen molar-refractivity contribution in [2.24, 2.45) is 0 Å². The smallest absolute Gasteiger partial charge is 0.151 e. The second-order valence-corrected chi connectivity index (χ2v) is 3.74. The molecule has 12 heavy (non-hydrogen) atoms. The molecule has 0 atom stereocenters. The van der Waals surface area contributed by atoms with Crippen LogP contribution in [0, 0.1) is 13.8 Å². The predicted octanol–water partition coefficient (Wildman–Crippen LogP) is 2.71. The lowest BCUT2D eigenvalue weighted by molar-refractivity contribution is 1.04. The Hall–Kier alpha value is -0.830. The first-order chi connectivity index (χ1) is 5.70. The third-order valence-electron chi connectivity index (χ3n) is 1.98. The number of rotatable bonds is 0. The second-order valence-electron chi connectivity index (χ2n) is 2.88. The van der Waals surface area contributed by atoms with Crippen LogP contribution in [0.25, 0.3) is 5.65 Å². The second kappa shape index (κ2) is 2.59. The van der Waals surface area contributed by atoms with Crippen LogP contribution >= 0.6 is 15.9 Å². The van der Waals surface area contributed by atoms with Crippen molar-refractivity contribution >= 4 is 21.6 Å². The summed E-state index contributed by atoms with van der Waals surface area (Å²) in [5, 5.41) is 0. The van der Waals surface area contributed by atoms with Gasteiger partial charge in [-0.15, -0.1) is 0 Å². The number of fused-ring (bicyclic) bond motifs is 1. The summed E-state index contributed by atoms with van der Waals surface area (Å²) in [5.74, 6) is 0. The number of pyridine rings is 1. The van der Waals surface area contributed by atoms with Crippen LogP contribution in [-0.2, 0) is 0 Å². The zero-order valence-electron chi connectivity index (χ0n) is 7.00. The molecule has 2 rings (SSSR count). The summed E-state index contributed by atoms with van der Waals surface area (Å²) < 4.78 is 3.17. The van der Waals surface area contributed by atoms with E-state index in [9.17, 15) is 0 Å². The predicted molar refractivity (Wildman–Crippen MR) is 52.4 cm³/mol. The quantitative estimate of drug-likeness (QED) is 0.673. The van der Waals surface area contributed by atoms with Crippen molar-refractivity contribution in [1.82, 2.24) is 9.38 Å².